The van der Waals surface area contributed by atoms with E-state index in [1.807, 2.05) is 0 Å². The van der Waals surface area contributed by atoms with Gasteiger partial charge in [-0.15, -0.1) is 0 Å². The lowest BCUT2D eigenvalue weighted by atomic mass is 10.3. The van der Waals surface area contributed by atoms with Crippen molar-refractivity contribution in [2.45, 2.75) is 0 Å². The smallest absolute Gasteiger partial charge is 0.224 e. The van der Waals surface area contributed by atoms with Crippen molar-refractivity contribution in [2.24, 2.45) is 0 Å². The van der Waals surface area contributed by atoms with Crippen LogP contribution >= 0.6 is 11.6 Å². The van der Waals surface area contributed by atoms with Gasteiger partial charge >= 0.3 is 0 Å². The fraction of sp³-hybridized carbons (Fsp3) is 0.286. The van der Waals surface area contributed by atoms with Crippen LogP contribution in [-0.4, -0.2) is 36.3 Å². The molecule has 1 aromatic carbocycles. The number of benzene rings is 1. The number of aromatic nitrogens is 2. The molecule has 0 saturated carbocycles. The molecule has 0 atom stereocenters. The van der Waals surface area contributed by atoms with Crippen molar-refractivity contribution in [3.8, 4) is 11.6 Å². The Kier molecular flexibility index (Phi) is 4.17. The molecule has 0 N–H and O–H groups in total. The Labute approximate surface area is 126 Å². The fourth-order valence-electron chi connectivity index (χ4n) is 2.02. The van der Waals surface area contributed by atoms with E-state index in [0.29, 0.717) is 24.8 Å². The van der Waals surface area contributed by atoms with Gasteiger partial charge in [0.25, 0.3) is 0 Å². The Morgan fingerprint density at radius 2 is 2.00 bits per heavy atom. The van der Waals surface area contributed by atoms with Gasteiger partial charge in [-0.25, -0.2) is 14.4 Å². The third-order valence-electron chi connectivity index (χ3n) is 3.07. The van der Waals surface area contributed by atoms with Crippen molar-refractivity contribution >= 4 is 17.4 Å². The summed E-state index contributed by atoms with van der Waals surface area (Å²) < 4.78 is 23.9. The maximum atomic E-state index is 13.0. The number of anilines is 1. The van der Waals surface area contributed by atoms with Crippen LogP contribution in [0.1, 0.15) is 0 Å². The summed E-state index contributed by atoms with van der Waals surface area (Å²) >= 11 is 5.93. The number of nitrogens with zero attached hydrogens (tertiary/aromatic N) is 3. The second-order valence-electron chi connectivity index (χ2n) is 4.49. The SMILES string of the molecule is Fc1ccc(Oc2cc(N3CCOCC3)ncn2)c(Cl)c1. The summed E-state index contributed by atoms with van der Waals surface area (Å²) in [6.07, 6.45) is 1.43. The van der Waals surface area contributed by atoms with Crippen LogP contribution in [-0.2, 0) is 4.74 Å². The first kappa shape index (κ1) is 14.0. The minimum atomic E-state index is -0.413. The molecule has 2 heterocycles. The van der Waals surface area contributed by atoms with Gasteiger partial charge in [0.05, 0.1) is 18.2 Å². The maximum absolute atomic E-state index is 13.0. The number of rotatable bonds is 3. The molecule has 2 aromatic rings. The predicted molar refractivity (Wildman–Crippen MR) is 76.5 cm³/mol. The molecule has 0 radical (unpaired) electrons. The summed E-state index contributed by atoms with van der Waals surface area (Å²) in [5.41, 5.74) is 0. The largest absolute Gasteiger partial charge is 0.437 e. The maximum Gasteiger partial charge on any atom is 0.224 e. The molecule has 1 aromatic heterocycles. The van der Waals surface area contributed by atoms with Crippen molar-refractivity contribution in [3.63, 3.8) is 0 Å². The minimum absolute atomic E-state index is 0.196. The van der Waals surface area contributed by atoms with E-state index in [2.05, 4.69) is 14.9 Å². The lowest BCUT2D eigenvalue weighted by Crippen LogP contribution is -2.36. The van der Waals surface area contributed by atoms with Gasteiger partial charge in [0.15, 0.2) is 0 Å². The summed E-state index contributed by atoms with van der Waals surface area (Å²) in [4.78, 5) is 10.4. The summed E-state index contributed by atoms with van der Waals surface area (Å²) in [6.45, 7) is 2.88. The lowest BCUT2D eigenvalue weighted by molar-refractivity contribution is 0.122. The van der Waals surface area contributed by atoms with Gasteiger partial charge in [-0.1, -0.05) is 11.6 Å². The van der Waals surface area contributed by atoms with E-state index < -0.39 is 5.82 Å². The van der Waals surface area contributed by atoms with Gasteiger partial charge in [-0.05, 0) is 18.2 Å². The normalized spacial score (nSPS) is 15.0. The van der Waals surface area contributed by atoms with Crippen LogP contribution in [0, 0.1) is 5.82 Å². The summed E-state index contributed by atoms with van der Waals surface area (Å²) in [6, 6.07) is 5.67. The molecule has 1 fully saturated rings. The van der Waals surface area contributed by atoms with Crippen molar-refractivity contribution in [1.29, 1.82) is 0 Å². The molecule has 1 saturated heterocycles. The van der Waals surface area contributed by atoms with Crippen LogP contribution in [0.3, 0.4) is 0 Å². The van der Waals surface area contributed by atoms with Crippen molar-refractivity contribution in [3.05, 3.63) is 41.4 Å². The fourth-order valence-corrected chi connectivity index (χ4v) is 2.23. The summed E-state index contributed by atoms with van der Waals surface area (Å²) in [5.74, 6) is 1.07. The van der Waals surface area contributed by atoms with E-state index >= 15 is 0 Å². The Morgan fingerprint density at radius 3 is 2.76 bits per heavy atom. The van der Waals surface area contributed by atoms with Gasteiger partial charge < -0.3 is 14.4 Å². The second-order valence-corrected chi connectivity index (χ2v) is 4.90. The first-order valence-corrected chi connectivity index (χ1v) is 6.88. The predicted octanol–water partition coefficient (Wildman–Crippen LogP) is 2.90. The topological polar surface area (TPSA) is 47.5 Å². The molecule has 5 nitrogen and oxygen atoms in total. The molecule has 0 bridgehead atoms. The number of hydrogen-bond donors (Lipinski definition) is 0. The molecule has 3 rings (SSSR count). The zero-order valence-corrected chi connectivity index (χ0v) is 11.9. The lowest BCUT2D eigenvalue weighted by Gasteiger charge is -2.27. The minimum Gasteiger partial charge on any atom is -0.437 e. The van der Waals surface area contributed by atoms with Gasteiger partial charge in [-0.3, -0.25) is 0 Å². The number of halogens is 2. The standard InChI is InChI=1S/C14H13ClFN3O2/c15-11-7-10(16)1-2-12(11)21-14-8-13(17-9-18-14)19-3-5-20-6-4-19/h1-2,7-9H,3-6H2. The Balaban J connectivity index is 1.79. The van der Waals surface area contributed by atoms with E-state index in [4.69, 9.17) is 21.1 Å². The number of hydrogen-bond acceptors (Lipinski definition) is 5. The average molecular weight is 310 g/mol. The van der Waals surface area contributed by atoms with Gasteiger partial charge in [-0.2, -0.15) is 0 Å². The molecule has 1 aliphatic rings. The molecule has 0 unspecified atom stereocenters. The highest BCUT2D eigenvalue weighted by atomic mass is 35.5. The highest BCUT2D eigenvalue weighted by molar-refractivity contribution is 6.32. The summed E-state index contributed by atoms with van der Waals surface area (Å²) in [7, 11) is 0. The van der Waals surface area contributed by atoms with E-state index in [1.54, 1.807) is 6.07 Å². The van der Waals surface area contributed by atoms with Crippen molar-refractivity contribution < 1.29 is 13.9 Å². The molecule has 110 valence electrons. The van der Waals surface area contributed by atoms with Crippen LogP contribution in [0.2, 0.25) is 5.02 Å². The highest BCUT2D eigenvalue weighted by Crippen LogP contribution is 2.29. The quantitative estimate of drug-likeness (QED) is 0.872. The second kappa shape index (κ2) is 6.24. The molecule has 0 amide bonds. The average Bonchev–Trinajstić information content (AvgIpc) is 2.51. The number of ether oxygens (including phenoxy) is 2. The molecule has 0 aliphatic carbocycles. The zero-order chi connectivity index (χ0) is 14.7. The Morgan fingerprint density at radius 1 is 1.19 bits per heavy atom. The van der Waals surface area contributed by atoms with E-state index in [0.717, 1.165) is 18.9 Å². The van der Waals surface area contributed by atoms with Gasteiger partial charge in [0.1, 0.15) is 23.7 Å². The van der Waals surface area contributed by atoms with Crippen LogP contribution in [0.25, 0.3) is 0 Å². The monoisotopic (exact) mass is 309 g/mol. The van der Waals surface area contributed by atoms with Gasteiger partial charge in [0.2, 0.25) is 5.88 Å². The van der Waals surface area contributed by atoms with E-state index in [-0.39, 0.29) is 5.02 Å². The zero-order valence-electron chi connectivity index (χ0n) is 11.1. The van der Waals surface area contributed by atoms with E-state index in [1.165, 1.54) is 24.5 Å². The Hall–Kier alpha value is -1.92. The molecular weight excluding hydrogens is 297 g/mol. The van der Waals surface area contributed by atoms with Crippen LogP contribution in [0.15, 0.2) is 30.6 Å². The molecule has 21 heavy (non-hydrogen) atoms. The van der Waals surface area contributed by atoms with Gasteiger partial charge in [0, 0.05) is 19.2 Å². The van der Waals surface area contributed by atoms with Crippen LogP contribution < -0.4 is 9.64 Å². The first-order chi connectivity index (χ1) is 10.2. The summed E-state index contributed by atoms with van der Waals surface area (Å²) in [5, 5.41) is 0.196. The molecule has 0 spiro atoms. The third-order valence-corrected chi connectivity index (χ3v) is 3.37. The molecular formula is C14H13ClFN3O2. The first-order valence-electron chi connectivity index (χ1n) is 6.50. The van der Waals surface area contributed by atoms with Crippen molar-refractivity contribution in [2.75, 3.05) is 31.2 Å². The number of morpholine rings is 1. The van der Waals surface area contributed by atoms with Crippen LogP contribution in [0.4, 0.5) is 10.2 Å². The molecule has 7 heteroatoms. The molecule has 1 aliphatic heterocycles. The Bertz CT molecular complexity index is 635. The highest BCUT2D eigenvalue weighted by Gasteiger charge is 2.14. The van der Waals surface area contributed by atoms with Crippen molar-refractivity contribution in [1.82, 2.24) is 9.97 Å². The third kappa shape index (κ3) is 3.40. The van der Waals surface area contributed by atoms with Crippen LogP contribution in [0.5, 0.6) is 11.6 Å². The van der Waals surface area contributed by atoms with E-state index in [9.17, 15) is 4.39 Å².